The molecule has 1 aliphatic rings. The maximum atomic E-state index is 12.4. The van der Waals surface area contributed by atoms with Gasteiger partial charge >= 0.3 is 5.97 Å². The number of carbonyl (C=O) groups is 2. The van der Waals surface area contributed by atoms with Crippen molar-refractivity contribution in [2.24, 2.45) is 0 Å². The van der Waals surface area contributed by atoms with E-state index in [1.54, 1.807) is 12.1 Å². The van der Waals surface area contributed by atoms with E-state index in [0.29, 0.717) is 11.4 Å². The lowest BCUT2D eigenvalue weighted by atomic mass is 10.1. The fourth-order valence-corrected chi connectivity index (χ4v) is 2.70. The Bertz CT molecular complexity index is 954. The maximum absolute atomic E-state index is 12.4. The lowest BCUT2D eigenvalue weighted by Gasteiger charge is -2.10. The van der Waals surface area contributed by atoms with Crippen LogP contribution in [0.15, 0.2) is 36.4 Å². The first-order chi connectivity index (χ1) is 13.9. The van der Waals surface area contributed by atoms with Crippen LogP contribution < -0.4 is 14.8 Å². The molecular weight excluding hydrogens is 380 g/mol. The summed E-state index contributed by atoms with van der Waals surface area (Å²) in [4.78, 5) is 35.4. The lowest BCUT2D eigenvalue weighted by molar-refractivity contribution is -0.384. The van der Waals surface area contributed by atoms with Crippen molar-refractivity contribution in [3.63, 3.8) is 0 Å². The number of esters is 1. The number of Topliss-reactive ketones (excluding diaryl/α,β-unsaturated/α-hetero) is 1. The summed E-state index contributed by atoms with van der Waals surface area (Å²) in [6, 6.07) is 8.92. The number of nitrogens with one attached hydrogen (secondary N) is 1. The van der Waals surface area contributed by atoms with Gasteiger partial charge in [-0.2, -0.15) is 0 Å². The van der Waals surface area contributed by atoms with Gasteiger partial charge in [0.2, 0.25) is 5.78 Å². The molecule has 1 aliphatic carbocycles. The number of anilines is 1. The molecule has 152 valence electrons. The highest BCUT2D eigenvalue weighted by Gasteiger charge is 2.26. The van der Waals surface area contributed by atoms with Crippen LogP contribution in [-0.4, -0.2) is 43.5 Å². The number of nitrogens with zero attached hydrogens (tertiary/aromatic N) is 1. The summed E-state index contributed by atoms with van der Waals surface area (Å²) in [5, 5.41) is 14.4. The monoisotopic (exact) mass is 400 g/mol. The van der Waals surface area contributed by atoms with Gasteiger partial charge in [0, 0.05) is 18.2 Å². The zero-order valence-electron chi connectivity index (χ0n) is 16.0. The molecule has 0 saturated heterocycles. The fourth-order valence-electron chi connectivity index (χ4n) is 2.70. The van der Waals surface area contributed by atoms with Gasteiger partial charge in [-0.3, -0.25) is 14.9 Å². The van der Waals surface area contributed by atoms with Crippen molar-refractivity contribution in [3.8, 4) is 11.5 Å². The first-order valence-electron chi connectivity index (χ1n) is 8.90. The second-order valence-corrected chi connectivity index (χ2v) is 6.47. The number of hydrogen-bond acceptors (Lipinski definition) is 8. The molecule has 0 unspecified atom stereocenters. The number of ether oxygens (including phenoxy) is 3. The molecule has 2 aromatic carbocycles. The largest absolute Gasteiger partial charge is 0.497 e. The van der Waals surface area contributed by atoms with Crippen molar-refractivity contribution in [3.05, 3.63) is 57.6 Å². The Hall–Kier alpha value is -3.62. The first-order valence-corrected chi connectivity index (χ1v) is 8.90. The number of rotatable bonds is 9. The van der Waals surface area contributed by atoms with Gasteiger partial charge in [0.15, 0.2) is 6.61 Å². The van der Waals surface area contributed by atoms with E-state index < -0.39 is 23.3 Å². The summed E-state index contributed by atoms with van der Waals surface area (Å²) >= 11 is 0. The van der Waals surface area contributed by atoms with Crippen LogP contribution in [0.2, 0.25) is 0 Å². The van der Waals surface area contributed by atoms with Crippen LogP contribution in [0, 0.1) is 10.1 Å². The summed E-state index contributed by atoms with van der Waals surface area (Å²) in [5.74, 6) is -0.495. The van der Waals surface area contributed by atoms with E-state index in [1.807, 2.05) is 0 Å². The van der Waals surface area contributed by atoms with E-state index in [1.165, 1.54) is 32.4 Å². The third-order valence-electron chi connectivity index (χ3n) is 4.41. The van der Waals surface area contributed by atoms with Crippen molar-refractivity contribution < 1.29 is 28.7 Å². The van der Waals surface area contributed by atoms with Crippen molar-refractivity contribution in [2.45, 2.75) is 18.9 Å². The third kappa shape index (κ3) is 4.81. The highest BCUT2D eigenvalue weighted by molar-refractivity contribution is 6.01. The molecule has 1 saturated carbocycles. The van der Waals surface area contributed by atoms with Crippen molar-refractivity contribution in [2.75, 3.05) is 26.1 Å². The highest BCUT2D eigenvalue weighted by Crippen LogP contribution is 2.32. The zero-order valence-corrected chi connectivity index (χ0v) is 16.0. The van der Waals surface area contributed by atoms with E-state index in [4.69, 9.17) is 14.2 Å². The smallest absolute Gasteiger partial charge is 0.338 e. The first kappa shape index (κ1) is 20.1. The number of carbonyl (C=O) groups excluding carboxylic acids is 2. The molecule has 0 bridgehead atoms. The van der Waals surface area contributed by atoms with Gasteiger partial charge in [0.1, 0.15) is 17.2 Å². The van der Waals surface area contributed by atoms with Crippen LogP contribution in [0.4, 0.5) is 11.4 Å². The minimum Gasteiger partial charge on any atom is -0.497 e. The highest BCUT2D eigenvalue weighted by atomic mass is 16.6. The van der Waals surface area contributed by atoms with Gasteiger partial charge in [0.05, 0.1) is 30.3 Å². The lowest BCUT2D eigenvalue weighted by Crippen LogP contribution is -2.15. The van der Waals surface area contributed by atoms with Crippen molar-refractivity contribution in [1.82, 2.24) is 0 Å². The Morgan fingerprint density at radius 1 is 1.14 bits per heavy atom. The predicted octanol–water partition coefficient (Wildman–Crippen LogP) is 3.23. The molecule has 9 heteroatoms. The molecule has 0 atom stereocenters. The average Bonchev–Trinajstić information content (AvgIpc) is 3.55. The number of methoxy groups -OCH3 is 2. The number of nitro groups is 1. The average molecular weight is 400 g/mol. The van der Waals surface area contributed by atoms with Gasteiger partial charge in [0.25, 0.3) is 5.69 Å². The molecule has 2 aromatic rings. The summed E-state index contributed by atoms with van der Waals surface area (Å²) in [5.41, 5.74) is 0.367. The summed E-state index contributed by atoms with van der Waals surface area (Å²) in [7, 11) is 2.90. The Morgan fingerprint density at radius 2 is 1.90 bits per heavy atom. The fraction of sp³-hybridized carbons (Fsp3) is 0.300. The van der Waals surface area contributed by atoms with Gasteiger partial charge in [-0.05, 0) is 37.1 Å². The molecule has 29 heavy (non-hydrogen) atoms. The molecule has 0 aromatic heterocycles. The SMILES string of the molecule is COc1ccc(C(=O)COC(=O)c2ccc(NC3CC3)c([N+](=O)[O-])c2)c(OC)c1. The molecule has 0 spiro atoms. The Balaban J connectivity index is 1.69. The van der Waals surface area contributed by atoms with Crippen LogP contribution in [0.3, 0.4) is 0 Å². The number of benzene rings is 2. The Kier molecular flexibility index (Phi) is 5.96. The number of nitro benzene ring substituents is 1. The molecular formula is C20H20N2O7. The second-order valence-electron chi connectivity index (χ2n) is 6.47. The predicted molar refractivity (Wildman–Crippen MR) is 104 cm³/mol. The van der Waals surface area contributed by atoms with Gasteiger partial charge in [-0.25, -0.2) is 4.79 Å². The maximum Gasteiger partial charge on any atom is 0.338 e. The third-order valence-corrected chi connectivity index (χ3v) is 4.41. The summed E-state index contributed by atoms with van der Waals surface area (Å²) in [6.45, 7) is -0.530. The van der Waals surface area contributed by atoms with E-state index >= 15 is 0 Å². The van der Waals surface area contributed by atoms with E-state index in [-0.39, 0.29) is 28.6 Å². The standard InChI is InChI=1S/C20H20N2O7/c1-27-14-6-7-15(19(10-14)28-2)18(23)11-29-20(24)12-3-8-16(21-13-4-5-13)17(9-12)22(25)26/h3,6-10,13,21H,4-5,11H2,1-2H3. The van der Waals surface area contributed by atoms with Crippen LogP contribution >= 0.6 is 0 Å². The van der Waals surface area contributed by atoms with Crippen LogP contribution in [0.25, 0.3) is 0 Å². The Morgan fingerprint density at radius 3 is 2.52 bits per heavy atom. The molecule has 9 nitrogen and oxygen atoms in total. The zero-order chi connectivity index (χ0) is 21.0. The Labute approximate surface area is 166 Å². The van der Waals surface area contributed by atoms with Crippen LogP contribution in [-0.2, 0) is 4.74 Å². The molecule has 3 rings (SSSR count). The minimum absolute atomic E-state index is 0.00690. The van der Waals surface area contributed by atoms with E-state index in [9.17, 15) is 19.7 Å². The summed E-state index contributed by atoms with van der Waals surface area (Å²) < 4.78 is 15.3. The topological polar surface area (TPSA) is 117 Å². The molecule has 0 heterocycles. The van der Waals surface area contributed by atoms with Gasteiger partial charge < -0.3 is 19.5 Å². The molecule has 0 amide bonds. The van der Waals surface area contributed by atoms with Crippen molar-refractivity contribution >= 4 is 23.1 Å². The van der Waals surface area contributed by atoms with E-state index in [2.05, 4.69) is 5.32 Å². The molecule has 1 fully saturated rings. The normalized spacial score (nSPS) is 12.8. The van der Waals surface area contributed by atoms with Crippen LogP contribution in [0.5, 0.6) is 11.5 Å². The quantitative estimate of drug-likeness (QED) is 0.295. The molecule has 0 aliphatic heterocycles. The number of hydrogen-bond donors (Lipinski definition) is 1. The minimum atomic E-state index is -0.827. The summed E-state index contributed by atoms with van der Waals surface area (Å²) in [6.07, 6.45) is 1.91. The van der Waals surface area contributed by atoms with Crippen LogP contribution in [0.1, 0.15) is 33.6 Å². The van der Waals surface area contributed by atoms with Gasteiger partial charge in [-0.15, -0.1) is 0 Å². The van der Waals surface area contributed by atoms with Gasteiger partial charge in [-0.1, -0.05) is 0 Å². The second kappa shape index (κ2) is 8.59. The number of ketones is 1. The molecule has 1 N–H and O–H groups in total. The van der Waals surface area contributed by atoms with Crippen molar-refractivity contribution in [1.29, 1.82) is 0 Å². The van der Waals surface area contributed by atoms with E-state index in [0.717, 1.165) is 18.9 Å². The molecule has 0 radical (unpaired) electrons.